The number of thiazole rings is 1. The summed E-state index contributed by atoms with van der Waals surface area (Å²) in [5, 5.41) is 4.87. The molecule has 0 radical (unpaired) electrons. The van der Waals surface area contributed by atoms with Gasteiger partial charge in [0, 0.05) is 29.7 Å². The summed E-state index contributed by atoms with van der Waals surface area (Å²) in [7, 11) is 0. The summed E-state index contributed by atoms with van der Waals surface area (Å²) in [4.78, 5) is 8.38. The van der Waals surface area contributed by atoms with E-state index in [1.54, 1.807) is 0 Å². The number of piperidine rings is 1. The number of nitrogens with zero attached hydrogens (tertiary/aromatic N) is 2. The van der Waals surface area contributed by atoms with Gasteiger partial charge in [-0.2, -0.15) is 0 Å². The van der Waals surface area contributed by atoms with Gasteiger partial charge in [0.1, 0.15) is 5.01 Å². The Morgan fingerprint density at radius 2 is 2.28 bits per heavy atom. The van der Waals surface area contributed by atoms with Crippen molar-refractivity contribution in [3.05, 3.63) is 16.1 Å². The van der Waals surface area contributed by atoms with Crippen LogP contribution in [-0.2, 0) is 6.54 Å². The predicted molar refractivity (Wildman–Crippen MR) is 78.0 cm³/mol. The van der Waals surface area contributed by atoms with Crippen molar-refractivity contribution in [2.24, 2.45) is 5.92 Å². The van der Waals surface area contributed by atoms with Gasteiger partial charge < -0.3 is 5.32 Å². The number of aromatic nitrogens is 1. The van der Waals surface area contributed by atoms with Gasteiger partial charge in [0.25, 0.3) is 0 Å². The molecule has 0 amide bonds. The van der Waals surface area contributed by atoms with Crippen molar-refractivity contribution in [2.45, 2.75) is 52.7 Å². The molecule has 3 unspecified atom stereocenters. The number of likely N-dealkylation sites (tertiary alicyclic amines) is 1. The first-order valence-electron chi connectivity index (χ1n) is 7.00. The van der Waals surface area contributed by atoms with E-state index < -0.39 is 0 Å². The number of rotatable bonds is 4. The molecule has 3 atom stereocenters. The van der Waals surface area contributed by atoms with Gasteiger partial charge in [-0.05, 0) is 32.7 Å². The Kier molecular flexibility index (Phi) is 4.76. The van der Waals surface area contributed by atoms with Crippen molar-refractivity contribution in [3.63, 3.8) is 0 Å². The summed E-state index contributed by atoms with van der Waals surface area (Å²) in [6, 6.07) is 1.31. The summed E-state index contributed by atoms with van der Waals surface area (Å²) in [5.41, 5.74) is 0. The van der Waals surface area contributed by atoms with Gasteiger partial charge in [-0.1, -0.05) is 13.8 Å². The average Bonchev–Trinajstić information content (AvgIpc) is 2.75. The van der Waals surface area contributed by atoms with Crippen LogP contribution in [0.1, 0.15) is 37.1 Å². The van der Waals surface area contributed by atoms with Gasteiger partial charge >= 0.3 is 0 Å². The number of aryl methyl sites for hydroxylation is 1. The van der Waals surface area contributed by atoms with Gasteiger partial charge in [-0.3, -0.25) is 4.90 Å². The second kappa shape index (κ2) is 6.13. The minimum atomic E-state index is 0.631. The molecule has 0 saturated carbocycles. The van der Waals surface area contributed by atoms with Crippen molar-refractivity contribution in [1.82, 2.24) is 15.2 Å². The maximum absolute atomic E-state index is 4.49. The van der Waals surface area contributed by atoms with Gasteiger partial charge in [0.2, 0.25) is 0 Å². The molecule has 2 heterocycles. The summed E-state index contributed by atoms with van der Waals surface area (Å²) >= 11 is 1.83. The molecule has 1 aromatic heterocycles. The third-order valence-electron chi connectivity index (χ3n) is 4.17. The molecule has 1 aliphatic rings. The van der Waals surface area contributed by atoms with Crippen molar-refractivity contribution in [2.75, 3.05) is 13.1 Å². The predicted octanol–water partition coefficient (Wildman–Crippen LogP) is 2.66. The maximum Gasteiger partial charge on any atom is 0.107 e. The normalized spacial score (nSPS) is 29.7. The second-order valence-electron chi connectivity index (χ2n) is 5.39. The van der Waals surface area contributed by atoms with Crippen LogP contribution in [0.5, 0.6) is 0 Å². The van der Waals surface area contributed by atoms with E-state index in [1.165, 1.54) is 22.9 Å². The monoisotopic (exact) mass is 267 g/mol. The fourth-order valence-corrected chi connectivity index (χ4v) is 3.67. The molecule has 1 aliphatic heterocycles. The fraction of sp³-hybridized carbons (Fsp3) is 0.786. The number of hydrogen-bond acceptors (Lipinski definition) is 4. The molecule has 0 spiro atoms. The highest BCUT2D eigenvalue weighted by Gasteiger charge is 2.31. The first-order chi connectivity index (χ1) is 8.61. The van der Waals surface area contributed by atoms with Gasteiger partial charge in [0.05, 0.1) is 6.54 Å². The molecule has 102 valence electrons. The van der Waals surface area contributed by atoms with Crippen LogP contribution >= 0.6 is 11.3 Å². The molecular formula is C14H25N3S. The second-order valence-corrected chi connectivity index (χ2v) is 6.71. The number of hydrogen-bond donors (Lipinski definition) is 1. The third-order valence-corrected chi connectivity index (χ3v) is 5.07. The molecule has 4 heteroatoms. The summed E-state index contributed by atoms with van der Waals surface area (Å²) < 4.78 is 0. The topological polar surface area (TPSA) is 28.2 Å². The molecule has 1 saturated heterocycles. The minimum absolute atomic E-state index is 0.631. The zero-order valence-electron chi connectivity index (χ0n) is 11.9. The van der Waals surface area contributed by atoms with E-state index in [0.717, 1.165) is 13.1 Å². The highest BCUT2D eigenvalue weighted by atomic mass is 32.1. The molecule has 18 heavy (non-hydrogen) atoms. The zero-order valence-corrected chi connectivity index (χ0v) is 12.8. The molecular weight excluding hydrogens is 242 g/mol. The minimum Gasteiger partial charge on any atom is -0.314 e. The summed E-state index contributed by atoms with van der Waals surface area (Å²) in [6.07, 6.45) is 3.24. The smallest absolute Gasteiger partial charge is 0.107 e. The van der Waals surface area contributed by atoms with Gasteiger partial charge in [-0.15, -0.1) is 11.3 Å². The van der Waals surface area contributed by atoms with Crippen molar-refractivity contribution >= 4 is 11.3 Å². The molecule has 3 nitrogen and oxygen atoms in total. The van der Waals surface area contributed by atoms with Crippen LogP contribution in [0.4, 0.5) is 0 Å². The molecule has 2 rings (SSSR count). The van der Waals surface area contributed by atoms with Crippen LogP contribution in [0.3, 0.4) is 0 Å². The van der Waals surface area contributed by atoms with E-state index in [-0.39, 0.29) is 0 Å². The molecule has 0 aromatic carbocycles. The van der Waals surface area contributed by atoms with Crippen LogP contribution < -0.4 is 5.32 Å². The Balaban J connectivity index is 1.95. The van der Waals surface area contributed by atoms with Crippen LogP contribution in [0, 0.1) is 12.8 Å². The van der Waals surface area contributed by atoms with E-state index in [9.17, 15) is 0 Å². The Bertz CT molecular complexity index is 377. The Morgan fingerprint density at radius 3 is 2.89 bits per heavy atom. The van der Waals surface area contributed by atoms with Gasteiger partial charge in [-0.25, -0.2) is 4.98 Å². The average molecular weight is 267 g/mol. The molecule has 0 aliphatic carbocycles. The standard InChI is InChI=1S/C14H25N3S/c1-5-15-13-6-7-17(12(4)11(13)3)9-14-16-8-10(2)18-14/h8,11-13,15H,5-7,9H2,1-4H3. The highest BCUT2D eigenvalue weighted by molar-refractivity contribution is 7.11. The van der Waals surface area contributed by atoms with Crippen LogP contribution in [0.25, 0.3) is 0 Å². The number of nitrogens with one attached hydrogen (secondary N) is 1. The van der Waals surface area contributed by atoms with Crippen LogP contribution in [0.2, 0.25) is 0 Å². The van der Waals surface area contributed by atoms with E-state index in [0.29, 0.717) is 18.0 Å². The summed E-state index contributed by atoms with van der Waals surface area (Å²) in [6.45, 7) is 12.3. The fourth-order valence-electron chi connectivity index (χ4n) is 2.86. The molecule has 1 aromatic rings. The lowest BCUT2D eigenvalue weighted by molar-refractivity contribution is 0.0790. The van der Waals surface area contributed by atoms with Crippen molar-refractivity contribution in [3.8, 4) is 0 Å². The van der Waals surface area contributed by atoms with Crippen LogP contribution in [-0.4, -0.2) is 35.1 Å². The lowest BCUT2D eigenvalue weighted by atomic mass is 9.87. The summed E-state index contributed by atoms with van der Waals surface area (Å²) in [5.74, 6) is 0.708. The van der Waals surface area contributed by atoms with E-state index >= 15 is 0 Å². The van der Waals surface area contributed by atoms with Gasteiger partial charge in [0.15, 0.2) is 0 Å². The largest absolute Gasteiger partial charge is 0.314 e. The first kappa shape index (κ1) is 14.0. The van der Waals surface area contributed by atoms with E-state index in [4.69, 9.17) is 0 Å². The maximum atomic E-state index is 4.49. The molecule has 1 fully saturated rings. The lowest BCUT2D eigenvalue weighted by Crippen LogP contribution is -2.52. The Morgan fingerprint density at radius 1 is 1.50 bits per heavy atom. The first-order valence-corrected chi connectivity index (χ1v) is 7.82. The third kappa shape index (κ3) is 3.11. The Labute approximate surface area is 115 Å². The van der Waals surface area contributed by atoms with Crippen LogP contribution in [0.15, 0.2) is 6.20 Å². The molecule has 0 bridgehead atoms. The zero-order chi connectivity index (χ0) is 13.1. The highest BCUT2D eigenvalue weighted by Crippen LogP contribution is 2.26. The quantitative estimate of drug-likeness (QED) is 0.909. The lowest BCUT2D eigenvalue weighted by Gasteiger charge is -2.42. The van der Waals surface area contributed by atoms with Crippen molar-refractivity contribution < 1.29 is 0 Å². The molecule has 1 N–H and O–H groups in total. The van der Waals surface area contributed by atoms with E-state index in [1.807, 2.05) is 17.5 Å². The SMILES string of the molecule is CCNC1CCN(Cc2ncc(C)s2)C(C)C1C. The Hall–Kier alpha value is -0.450. The van der Waals surface area contributed by atoms with E-state index in [2.05, 4.69) is 42.9 Å². The van der Waals surface area contributed by atoms with Crippen molar-refractivity contribution in [1.29, 1.82) is 0 Å².